The van der Waals surface area contributed by atoms with E-state index < -0.39 is 0 Å². The van der Waals surface area contributed by atoms with Crippen molar-refractivity contribution in [1.82, 2.24) is 24.6 Å². The zero-order valence-corrected chi connectivity index (χ0v) is 21.4. The summed E-state index contributed by atoms with van der Waals surface area (Å²) in [6.07, 6.45) is 0.864. The lowest BCUT2D eigenvalue weighted by Crippen LogP contribution is -2.50. The molecule has 190 valence electrons. The van der Waals surface area contributed by atoms with Crippen LogP contribution in [0.3, 0.4) is 0 Å². The molecule has 0 aliphatic carbocycles. The van der Waals surface area contributed by atoms with Gasteiger partial charge in [0.05, 0.1) is 13.7 Å². The fourth-order valence-electron chi connectivity index (χ4n) is 4.02. The summed E-state index contributed by atoms with van der Waals surface area (Å²) in [5, 5.41) is 9.71. The number of amides is 2. The van der Waals surface area contributed by atoms with Crippen molar-refractivity contribution in [2.24, 2.45) is 0 Å². The van der Waals surface area contributed by atoms with Crippen molar-refractivity contribution in [3.63, 3.8) is 0 Å². The highest BCUT2D eigenvalue weighted by molar-refractivity contribution is 7.99. The molecule has 3 aromatic rings. The highest BCUT2D eigenvalue weighted by Gasteiger charge is 2.24. The number of methoxy groups -OCH3 is 1. The van der Waals surface area contributed by atoms with Crippen LogP contribution >= 0.6 is 11.8 Å². The van der Waals surface area contributed by atoms with Crippen LogP contribution in [-0.2, 0) is 9.53 Å². The number of carbonyl (C=O) groups is 2. The SMILES string of the molecule is CCOC(=O)N1CCN(C(=O)CCCSc2nnc(-c3cccc(OC)c3)n2-c2ccccc2)CC1. The monoisotopic (exact) mass is 509 g/mol. The highest BCUT2D eigenvalue weighted by atomic mass is 32.2. The largest absolute Gasteiger partial charge is 0.497 e. The van der Waals surface area contributed by atoms with Crippen LogP contribution in [0.4, 0.5) is 4.79 Å². The second-order valence-electron chi connectivity index (χ2n) is 8.23. The molecule has 1 fully saturated rings. The van der Waals surface area contributed by atoms with E-state index >= 15 is 0 Å². The van der Waals surface area contributed by atoms with Crippen LogP contribution in [0.5, 0.6) is 5.75 Å². The van der Waals surface area contributed by atoms with Gasteiger partial charge in [-0.3, -0.25) is 9.36 Å². The number of carbonyl (C=O) groups excluding carboxylic acids is 2. The van der Waals surface area contributed by atoms with Crippen LogP contribution in [-0.4, -0.2) is 82.2 Å². The lowest BCUT2D eigenvalue weighted by atomic mass is 10.2. The van der Waals surface area contributed by atoms with Gasteiger partial charge in [-0.2, -0.15) is 0 Å². The molecule has 0 unspecified atom stereocenters. The molecule has 9 nitrogen and oxygen atoms in total. The van der Waals surface area contributed by atoms with E-state index in [0.29, 0.717) is 39.2 Å². The van der Waals surface area contributed by atoms with E-state index in [-0.39, 0.29) is 12.0 Å². The smallest absolute Gasteiger partial charge is 0.409 e. The molecule has 0 spiro atoms. The molecule has 0 saturated carbocycles. The maximum absolute atomic E-state index is 12.7. The number of hydrogen-bond donors (Lipinski definition) is 0. The van der Waals surface area contributed by atoms with Crippen LogP contribution < -0.4 is 4.74 Å². The zero-order valence-electron chi connectivity index (χ0n) is 20.6. The Morgan fingerprint density at radius 3 is 2.44 bits per heavy atom. The van der Waals surface area contributed by atoms with Crippen LogP contribution in [0.1, 0.15) is 19.8 Å². The molecule has 1 saturated heterocycles. The van der Waals surface area contributed by atoms with Gasteiger partial charge in [0.1, 0.15) is 5.75 Å². The summed E-state index contributed by atoms with van der Waals surface area (Å²) in [5.41, 5.74) is 1.88. The minimum atomic E-state index is -0.308. The molecule has 36 heavy (non-hydrogen) atoms. The topological polar surface area (TPSA) is 89.8 Å². The van der Waals surface area contributed by atoms with Gasteiger partial charge in [0.15, 0.2) is 11.0 Å². The first-order valence-corrected chi connectivity index (χ1v) is 13.1. The summed E-state index contributed by atoms with van der Waals surface area (Å²) in [6, 6.07) is 17.8. The summed E-state index contributed by atoms with van der Waals surface area (Å²) in [7, 11) is 1.64. The first kappa shape index (κ1) is 25.6. The fraction of sp³-hybridized carbons (Fsp3) is 0.385. The van der Waals surface area contributed by atoms with Gasteiger partial charge in [-0.1, -0.05) is 42.1 Å². The van der Waals surface area contributed by atoms with Crippen LogP contribution in [0, 0.1) is 0 Å². The van der Waals surface area contributed by atoms with Crippen LogP contribution in [0.2, 0.25) is 0 Å². The van der Waals surface area contributed by atoms with Crippen LogP contribution in [0.15, 0.2) is 59.8 Å². The second kappa shape index (κ2) is 12.4. The van der Waals surface area contributed by atoms with Gasteiger partial charge in [-0.25, -0.2) is 4.79 Å². The van der Waals surface area contributed by atoms with Gasteiger partial charge in [-0.05, 0) is 37.6 Å². The molecule has 2 aromatic carbocycles. The predicted molar refractivity (Wildman–Crippen MR) is 138 cm³/mol. The Balaban J connectivity index is 1.36. The minimum absolute atomic E-state index is 0.112. The maximum atomic E-state index is 12.7. The van der Waals surface area contributed by atoms with Crippen LogP contribution in [0.25, 0.3) is 17.1 Å². The minimum Gasteiger partial charge on any atom is -0.497 e. The fourth-order valence-corrected chi connectivity index (χ4v) is 4.91. The molecule has 4 rings (SSSR count). The average molecular weight is 510 g/mol. The van der Waals surface area contributed by atoms with Gasteiger partial charge in [0.2, 0.25) is 5.91 Å². The number of thioether (sulfide) groups is 1. The third-order valence-electron chi connectivity index (χ3n) is 5.90. The lowest BCUT2D eigenvalue weighted by Gasteiger charge is -2.34. The van der Waals surface area contributed by atoms with Crippen molar-refractivity contribution >= 4 is 23.8 Å². The second-order valence-corrected chi connectivity index (χ2v) is 9.29. The average Bonchev–Trinajstić information content (AvgIpc) is 3.35. The number of ether oxygens (including phenoxy) is 2. The number of benzene rings is 2. The molecular weight excluding hydrogens is 478 g/mol. The van der Waals surface area contributed by atoms with E-state index in [2.05, 4.69) is 10.2 Å². The number of rotatable bonds is 9. The Bertz CT molecular complexity index is 1160. The van der Waals surface area contributed by atoms with Crippen molar-refractivity contribution in [3.8, 4) is 22.8 Å². The number of para-hydroxylation sites is 1. The number of nitrogens with zero attached hydrogens (tertiary/aromatic N) is 5. The normalized spacial score (nSPS) is 13.5. The Hall–Kier alpha value is -3.53. The summed E-state index contributed by atoms with van der Waals surface area (Å²) in [6.45, 7) is 4.24. The first-order chi connectivity index (χ1) is 17.6. The molecule has 0 N–H and O–H groups in total. The number of aromatic nitrogens is 3. The number of piperazine rings is 1. The summed E-state index contributed by atoms with van der Waals surface area (Å²) in [4.78, 5) is 28.0. The van der Waals surface area contributed by atoms with Gasteiger partial charge in [0.25, 0.3) is 0 Å². The maximum Gasteiger partial charge on any atom is 0.409 e. The quantitative estimate of drug-likeness (QED) is 0.317. The van der Waals surface area contributed by atoms with E-state index in [1.54, 1.807) is 30.7 Å². The predicted octanol–water partition coefficient (Wildman–Crippen LogP) is 4.12. The summed E-state index contributed by atoms with van der Waals surface area (Å²) in [5.74, 6) is 2.34. The third-order valence-corrected chi connectivity index (χ3v) is 6.92. The molecule has 2 amide bonds. The zero-order chi connectivity index (χ0) is 25.3. The van der Waals surface area contributed by atoms with E-state index in [9.17, 15) is 9.59 Å². The van der Waals surface area contributed by atoms with E-state index in [0.717, 1.165) is 40.2 Å². The Morgan fingerprint density at radius 1 is 0.972 bits per heavy atom. The van der Waals surface area contributed by atoms with Crippen molar-refractivity contribution < 1.29 is 19.1 Å². The molecule has 1 aliphatic rings. The molecule has 0 bridgehead atoms. The Kier molecular flexibility index (Phi) is 8.83. The van der Waals surface area contributed by atoms with E-state index in [1.807, 2.05) is 64.1 Å². The molecule has 1 aromatic heterocycles. The Morgan fingerprint density at radius 2 is 1.72 bits per heavy atom. The molecule has 2 heterocycles. The van der Waals surface area contributed by atoms with E-state index in [1.165, 1.54) is 0 Å². The van der Waals surface area contributed by atoms with Crippen molar-refractivity contribution in [2.75, 3.05) is 45.6 Å². The Labute approximate surface area is 215 Å². The molecular formula is C26H31N5O4S. The van der Waals surface area contributed by atoms with Gasteiger partial charge in [0, 0.05) is 49.6 Å². The highest BCUT2D eigenvalue weighted by Crippen LogP contribution is 2.30. The van der Waals surface area contributed by atoms with Gasteiger partial charge in [-0.15, -0.1) is 10.2 Å². The van der Waals surface area contributed by atoms with Gasteiger partial charge >= 0.3 is 6.09 Å². The summed E-state index contributed by atoms with van der Waals surface area (Å²) >= 11 is 1.58. The molecule has 0 radical (unpaired) electrons. The first-order valence-electron chi connectivity index (χ1n) is 12.1. The van der Waals surface area contributed by atoms with Crippen molar-refractivity contribution in [2.45, 2.75) is 24.9 Å². The molecule has 0 atom stereocenters. The molecule has 10 heteroatoms. The molecule has 1 aliphatic heterocycles. The third kappa shape index (κ3) is 6.17. The van der Waals surface area contributed by atoms with E-state index in [4.69, 9.17) is 9.47 Å². The number of hydrogen-bond acceptors (Lipinski definition) is 7. The van der Waals surface area contributed by atoms with Crippen molar-refractivity contribution in [1.29, 1.82) is 0 Å². The summed E-state index contributed by atoms with van der Waals surface area (Å²) < 4.78 is 12.5. The van der Waals surface area contributed by atoms with Crippen molar-refractivity contribution in [3.05, 3.63) is 54.6 Å². The standard InChI is InChI=1S/C26H31N5O4S/c1-3-35-26(33)30-16-14-29(15-17-30)23(32)13-8-18-36-25-28-27-24(20-9-7-12-22(19-20)34-2)31(25)21-10-5-4-6-11-21/h4-7,9-12,19H,3,8,13-18H2,1-2H3. The van der Waals surface area contributed by atoms with Gasteiger partial charge < -0.3 is 19.3 Å². The lowest BCUT2D eigenvalue weighted by molar-refractivity contribution is -0.132.